The molecule has 0 bridgehead atoms. The molecule has 0 aliphatic carbocycles. The minimum absolute atomic E-state index is 0.0450. The maximum Gasteiger partial charge on any atom is 0.311 e. The molecule has 0 fully saturated rings. The molecule has 0 radical (unpaired) electrons. The molecule has 1 aromatic carbocycles. The summed E-state index contributed by atoms with van der Waals surface area (Å²) in [6.07, 6.45) is -0.0450. The zero-order chi connectivity index (χ0) is 13.8. The van der Waals surface area contributed by atoms with Gasteiger partial charge in [0.1, 0.15) is 0 Å². The maximum absolute atomic E-state index is 11.8. The van der Waals surface area contributed by atoms with Crippen molar-refractivity contribution >= 4 is 11.9 Å². The third-order valence-electron chi connectivity index (χ3n) is 2.40. The summed E-state index contributed by atoms with van der Waals surface area (Å²) in [4.78, 5) is 23.0. The van der Waals surface area contributed by atoms with E-state index < -0.39 is 11.9 Å². The molecule has 1 amide bonds. The molecule has 0 aliphatic heterocycles. The lowest BCUT2D eigenvalue weighted by atomic mass is 9.95. The zero-order valence-electron chi connectivity index (χ0n) is 10.9. The van der Waals surface area contributed by atoms with Gasteiger partial charge in [-0.05, 0) is 26.3 Å². The van der Waals surface area contributed by atoms with E-state index in [1.54, 1.807) is 24.3 Å². The standard InChI is InChI=1S/C14H19NO3/c1-14(2,3)15-12(16)9-11(13(17)18)10-7-5-4-6-8-10/h4-8,11H,9H2,1-3H3,(H,15,16)(H,17,18). The third-order valence-corrected chi connectivity index (χ3v) is 2.40. The van der Waals surface area contributed by atoms with Crippen LogP contribution in [-0.4, -0.2) is 22.5 Å². The van der Waals surface area contributed by atoms with Gasteiger partial charge in [0.05, 0.1) is 5.92 Å². The summed E-state index contributed by atoms with van der Waals surface area (Å²) in [6, 6.07) is 8.81. The second-order valence-electron chi connectivity index (χ2n) is 5.30. The van der Waals surface area contributed by atoms with Crippen molar-refractivity contribution < 1.29 is 14.7 Å². The fourth-order valence-electron chi connectivity index (χ4n) is 1.69. The number of hydrogen-bond donors (Lipinski definition) is 2. The molecular weight excluding hydrogens is 230 g/mol. The van der Waals surface area contributed by atoms with Crippen LogP contribution in [0.3, 0.4) is 0 Å². The van der Waals surface area contributed by atoms with Gasteiger partial charge in [-0.25, -0.2) is 0 Å². The number of carboxylic acids is 1. The van der Waals surface area contributed by atoms with Crippen molar-refractivity contribution in [2.45, 2.75) is 38.6 Å². The van der Waals surface area contributed by atoms with Crippen molar-refractivity contribution in [1.29, 1.82) is 0 Å². The van der Waals surface area contributed by atoms with Crippen molar-refractivity contribution in [2.24, 2.45) is 0 Å². The van der Waals surface area contributed by atoms with Crippen LogP contribution in [0.2, 0.25) is 0 Å². The van der Waals surface area contributed by atoms with E-state index in [9.17, 15) is 14.7 Å². The van der Waals surface area contributed by atoms with E-state index in [0.29, 0.717) is 5.56 Å². The Hall–Kier alpha value is -1.84. The number of carbonyl (C=O) groups is 2. The van der Waals surface area contributed by atoms with E-state index in [2.05, 4.69) is 5.32 Å². The number of carboxylic acid groups (broad SMARTS) is 1. The van der Waals surface area contributed by atoms with Crippen LogP contribution in [0, 0.1) is 0 Å². The Labute approximate surface area is 107 Å². The molecule has 1 rings (SSSR count). The molecule has 1 aromatic rings. The predicted molar refractivity (Wildman–Crippen MR) is 69.3 cm³/mol. The molecule has 0 saturated heterocycles. The molecule has 4 heteroatoms. The Morgan fingerprint density at radius 1 is 1.22 bits per heavy atom. The van der Waals surface area contributed by atoms with Gasteiger partial charge < -0.3 is 10.4 Å². The fourth-order valence-corrected chi connectivity index (χ4v) is 1.69. The van der Waals surface area contributed by atoms with Crippen LogP contribution in [0.1, 0.15) is 38.7 Å². The highest BCUT2D eigenvalue weighted by molar-refractivity contribution is 5.86. The number of aliphatic carboxylic acids is 1. The van der Waals surface area contributed by atoms with Gasteiger partial charge >= 0.3 is 5.97 Å². The van der Waals surface area contributed by atoms with Crippen LogP contribution in [0.15, 0.2) is 30.3 Å². The highest BCUT2D eigenvalue weighted by Gasteiger charge is 2.24. The van der Waals surface area contributed by atoms with Crippen LogP contribution >= 0.6 is 0 Å². The van der Waals surface area contributed by atoms with Gasteiger partial charge in [0, 0.05) is 12.0 Å². The van der Waals surface area contributed by atoms with E-state index >= 15 is 0 Å². The monoisotopic (exact) mass is 249 g/mol. The molecule has 1 unspecified atom stereocenters. The Kier molecular flexibility index (Phi) is 4.48. The smallest absolute Gasteiger partial charge is 0.311 e. The van der Waals surface area contributed by atoms with Gasteiger partial charge in [0.2, 0.25) is 5.91 Å². The van der Waals surface area contributed by atoms with E-state index in [1.165, 1.54) is 0 Å². The summed E-state index contributed by atoms with van der Waals surface area (Å²) >= 11 is 0. The largest absolute Gasteiger partial charge is 0.481 e. The first-order valence-electron chi connectivity index (χ1n) is 5.88. The van der Waals surface area contributed by atoms with E-state index in [1.807, 2.05) is 26.8 Å². The summed E-state index contributed by atoms with van der Waals surface area (Å²) in [5.41, 5.74) is 0.297. The average Bonchev–Trinajstić information content (AvgIpc) is 2.24. The third kappa shape index (κ3) is 4.57. The minimum Gasteiger partial charge on any atom is -0.481 e. The number of hydrogen-bond acceptors (Lipinski definition) is 2. The number of rotatable bonds is 4. The Morgan fingerprint density at radius 2 is 1.78 bits per heavy atom. The number of benzene rings is 1. The lowest BCUT2D eigenvalue weighted by Gasteiger charge is -2.22. The van der Waals surface area contributed by atoms with Crippen molar-refractivity contribution in [3.8, 4) is 0 Å². The van der Waals surface area contributed by atoms with Crippen molar-refractivity contribution in [3.63, 3.8) is 0 Å². The predicted octanol–water partition coefficient (Wildman–Crippen LogP) is 2.16. The number of amides is 1. The summed E-state index contributed by atoms with van der Waals surface area (Å²) in [5.74, 6) is -2.03. The van der Waals surface area contributed by atoms with Crippen LogP contribution in [-0.2, 0) is 9.59 Å². The van der Waals surface area contributed by atoms with Crippen LogP contribution in [0.4, 0.5) is 0 Å². The van der Waals surface area contributed by atoms with Crippen molar-refractivity contribution in [2.75, 3.05) is 0 Å². The molecular formula is C14H19NO3. The Balaban J connectivity index is 2.77. The van der Waals surface area contributed by atoms with Gasteiger partial charge in [0.25, 0.3) is 0 Å². The first-order chi connectivity index (χ1) is 8.29. The van der Waals surface area contributed by atoms with Crippen molar-refractivity contribution in [3.05, 3.63) is 35.9 Å². The molecule has 0 aromatic heterocycles. The molecule has 0 aliphatic rings. The van der Waals surface area contributed by atoms with Crippen LogP contribution in [0.5, 0.6) is 0 Å². The second-order valence-corrected chi connectivity index (χ2v) is 5.30. The minimum atomic E-state index is -0.981. The molecule has 1 atom stereocenters. The summed E-state index contributed by atoms with van der Waals surface area (Å²) in [5, 5.41) is 12.0. The summed E-state index contributed by atoms with van der Waals surface area (Å²) in [7, 11) is 0. The molecule has 0 saturated carbocycles. The first-order valence-corrected chi connectivity index (χ1v) is 5.88. The van der Waals surface area contributed by atoms with Crippen LogP contribution < -0.4 is 5.32 Å². The van der Waals surface area contributed by atoms with E-state index in [4.69, 9.17) is 0 Å². The van der Waals surface area contributed by atoms with Gasteiger partial charge in [-0.2, -0.15) is 0 Å². The van der Waals surface area contributed by atoms with E-state index in [-0.39, 0.29) is 17.9 Å². The van der Waals surface area contributed by atoms with Gasteiger partial charge in [0.15, 0.2) is 0 Å². The quantitative estimate of drug-likeness (QED) is 0.859. The first kappa shape index (κ1) is 14.2. The Bertz CT molecular complexity index is 420. The average molecular weight is 249 g/mol. The zero-order valence-corrected chi connectivity index (χ0v) is 10.9. The molecule has 4 nitrogen and oxygen atoms in total. The van der Waals surface area contributed by atoms with E-state index in [0.717, 1.165) is 0 Å². The number of nitrogens with one attached hydrogen (secondary N) is 1. The molecule has 0 heterocycles. The van der Waals surface area contributed by atoms with Gasteiger partial charge in [-0.1, -0.05) is 30.3 Å². The van der Waals surface area contributed by atoms with Crippen molar-refractivity contribution in [1.82, 2.24) is 5.32 Å². The maximum atomic E-state index is 11.8. The van der Waals surface area contributed by atoms with Gasteiger partial charge in [-0.15, -0.1) is 0 Å². The van der Waals surface area contributed by atoms with Crippen LogP contribution in [0.25, 0.3) is 0 Å². The second kappa shape index (κ2) is 5.67. The Morgan fingerprint density at radius 3 is 2.22 bits per heavy atom. The normalized spacial score (nSPS) is 12.8. The number of carbonyl (C=O) groups excluding carboxylic acids is 1. The summed E-state index contributed by atoms with van der Waals surface area (Å²) in [6.45, 7) is 5.59. The summed E-state index contributed by atoms with van der Waals surface area (Å²) < 4.78 is 0. The highest BCUT2D eigenvalue weighted by Crippen LogP contribution is 2.20. The highest BCUT2D eigenvalue weighted by atomic mass is 16.4. The lowest BCUT2D eigenvalue weighted by molar-refractivity contribution is -0.141. The molecule has 18 heavy (non-hydrogen) atoms. The molecule has 2 N–H and O–H groups in total. The molecule has 0 spiro atoms. The SMILES string of the molecule is CC(C)(C)NC(=O)CC(C(=O)O)c1ccccc1. The molecule has 98 valence electrons. The lowest BCUT2D eigenvalue weighted by Crippen LogP contribution is -2.41. The van der Waals surface area contributed by atoms with Gasteiger partial charge in [-0.3, -0.25) is 9.59 Å². The topological polar surface area (TPSA) is 66.4 Å². The fraction of sp³-hybridized carbons (Fsp3) is 0.429.